The summed E-state index contributed by atoms with van der Waals surface area (Å²) in [4.78, 5) is 10.1. The van der Waals surface area contributed by atoms with Crippen LogP contribution in [0.15, 0.2) is 18.2 Å². The summed E-state index contributed by atoms with van der Waals surface area (Å²) in [6.07, 6.45) is 1.68. The summed E-state index contributed by atoms with van der Waals surface area (Å²) >= 11 is 1.94. The maximum absolute atomic E-state index is 13.2. The van der Waals surface area contributed by atoms with E-state index in [1.165, 1.54) is 0 Å². The first-order chi connectivity index (χ1) is 5.75. The highest BCUT2D eigenvalue weighted by Gasteiger charge is 2.03. The van der Waals surface area contributed by atoms with Crippen molar-refractivity contribution in [1.29, 1.82) is 0 Å². The van der Waals surface area contributed by atoms with Crippen molar-refractivity contribution in [2.24, 2.45) is 0 Å². The number of benzene rings is 1. The van der Waals surface area contributed by atoms with Gasteiger partial charge in [-0.2, -0.15) is 0 Å². The Balaban J connectivity index is 2.84. The van der Waals surface area contributed by atoms with Gasteiger partial charge in [0, 0.05) is 9.99 Å². The van der Waals surface area contributed by atoms with Crippen LogP contribution >= 0.6 is 22.6 Å². The first-order valence-corrected chi connectivity index (χ1v) is 4.70. The van der Waals surface area contributed by atoms with Crippen molar-refractivity contribution in [2.75, 3.05) is 0 Å². The summed E-state index contributed by atoms with van der Waals surface area (Å²) in [5.74, 6) is -0.194. The highest BCUT2D eigenvalue weighted by atomic mass is 127. The summed E-state index contributed by atoms with van der Waals surface area (Å²) in [6.45, 7) is 0. The molecule has 1 aromatic rings. The number of halogens is 2. The number of carbonyl (C=O) groups excluding carboxylic acids is 1. The third kappa shape index (κ3) is 2.27. The van der Waals surface area contributed by atoms with E-state index in [0.717, 1.165) is 6.29 Å². The van der Waals surface area contributed by atoms with Crippen LogP contribution in [0.3, 0.4) is 0 Å². The monoisotopic (exact) mass is 278 g/mol. The Morgan fingerprint density at radius 1 is 1.50 bits per heavy atom. The molecule has 0 aliphatic rings. The zero-order valence-electron chi connectivity index (χ0n) is 6.39. The SMILES string of the molecule is O=CCCc1cccc(I)c1F. The Labute approximate surface area is 84.1 Å². The molecule has 0 aliphatic carbocycles. The van der Waals surface area contributed by atoms with Crippen LogP contribution in [-0.4, -0.2) is 6.29 Å². The fraction of sp³-hybridized carbons (Fsp3) is 0.222. The van der Waals surface area contributed by atoms with Gasteiger partial charge in [-0.15, -0.1) is 0 Å². The number of aryl methyl sites for hydroxylation is 1. The van der Waals surface area contributed by atoms with Crippen LogP contribution in [0, 0.1) is 9.39 Å². The lowest BCUT2D eigenvalue weighted by Crippen LogP contribution is -1.93. The molecule has 0 fully saturated rings. The van der Waals surface area contributed by atoms with E-state index < -0.39 is 0 Å². The number of rotatable bonds is 3. The van der Waals surface area contributed by atoms with Gasteiger partial charge in [0.15, 0.2) is 0 Å². The van der Waals surface area contributed by atoms with Crippen molar-refractivity contribution >= 4 is 28.9 Å². The van der Waals surface area contributed by atoms with E-state index in [1.54, 1.807) is 18.2 Å². The highest BCUT2D eigenvalue weighted by molar-refractivity contribution is 14.1. The van der Waals surface area contributed by atoms with Crippen LogP contribution in [0.1, 0.15) is 12.0 Å². The summed E-state index contributed by atoms with van der Waals surface area (Å²) in [7, 11) is 0. The van der Waals surface area contributed by atoms with Gasteiger partial charge in [-0.05, 0) is 40.6 Å². The molecular formula is C9H8FIO. The zero-order chi connectivity index (χ0) is 8.97. The Morgan fingerprint density at radius 2 is 2.25 bits per heavy atom. The predicted molar refractivity (Wildman–Crippen MR) is 53.5 cm³/mol. The fourth-order valence-corrected chi connectivity index (χ4v) is 1.51. The Bertz CT molecular complexity index is 286. The molecule has 0 saturated carbocycles. The molecule has 1 rings (SSSR count). The number of carbonyl (C=O) groups is 1. The van der Waals surface area contributed by atoms with Crippen molar-refractivity contribution in [3.05, 3.63) is 33.1 Å². The van der Waals surface area contributed by atoms with E-state index in [-0.39, 0.29) is 5.82 Å². The van der Waals surface area contributed by atoms with Gasteiger partial charge >= 0.3 is 0 Å². The van der Waals surface area contributed by atoms with Crippen LogP contribution in [0.2, 0.25) is 0 Å². The predicted octanol–water partition coefficient (Wildman–Crippen LogP) is 2.56. The normalized spacial score (nSPS) is 9.83. The third-order valence-corrected chi connectivity index (χ3v) is 2.40. The third-order valence-electron chi connectivity index (χ3n) is 1.56. The quantitative estimate of drug-likeness (QED) is 0.613. The van der Waals surface area contributed by atoms with E-state index in [1.807, 2.05) is 22.6 Å². The van der Waals surface area contributed by atoms with Crippen LogP contribution in [0.4, 0.5) is 4.39 Å². The summed E-state index contributed by atoms with van der Waals surface area (Å²) in [5, 5.41) is 0. The molecule has 64 valence electrons. The lowest BCUT2D eigenvalue weighted by Gasteiger charge is -2.00. The van der Waals surface area contributed by atoms with Gasteiger partial charge in [-0.3, -0.25) is 0 Å². The second-order valence-electron chi connectivity index (χ2n) is 2.42. The molecule has 3 heteroatoms. The number of hydrogen-bond acceptors (Lipinski definition) is 1. The van der Waals surface area contributed by atoms with E-state index in [0.29, 0.717) is 22.0 Å². The van der Waals surface area contributed by atoms with Gasteiger partial charge in [0.25, 0.3) is 0 Å². The maximum Gasteiger partial charge on any atom is 0.139 e. The van der Waals surface area contributed by atoms with Gasteiger partial charge in [0.1, 0.15) is 12.1 Å². The van der Waals surface area contributed by atoms with E-state index in [9.17, 15) is 9.18 Å². The molecule has 12 heavy (non-hydrogen) atoms. The lowest BCUT2D eigenvalue weighted by molar-refractivity contribution is -0.107. The topological polar surface area (TPSA) is 17.1 Å². The molecule has 0 atom stereocenters. The van der Waals surface area contributed by atoms with Crippen molar-refractivity contribution in [2.45, 2.75) is 12.8 Å². The van der Waals surface area contributed by atoms with Crippen molar-refractivity contribution < 1.29 is 9.18 Å². The molecule has 0 aliphatic heterocycles. The van der Waals surface area contributed by atoms with Crippen molar-refractivity contribution in [1.82, 2.24) is 0 Å². The minimum absolute atomic E-state index is 0.194. The van der Waals surface area contributed by atoms with E-state index in [2.05, 4.69) is 0 Å². The Morgan fingerprint density at radius 3 is 2.92 bits per heavy atom. The molecular weight excluding hydrogens is 270 g/mol. The molecule has 0 bridgehead atoms. The average molecular weight is 278 g/mol. The molecule has 0 aromatic heterocycles. The minimum atomic E-state index is -0.194. The summed E-state index contributed by atoms with van der Waals surface area (Å²) in [5.41, 5.74) is 0.619. The van der Waals surface area contributed by atoms with Crippen LogP contribution in [0.5, 0.6) is 0 Å². The Kier molecular flexibility index (Phi) is 3.65. The minimum Gasteiger partial charge on any atom is -0.303 e. The molecule has 1 aromatic carbocycles. The summed E-state index contributed by atoms with van der Waals surface area (Å²) < 4.78 is 13.8. The van der Waals surface area contributed by atoms with Gasteiger partial charge < -0.3 is 4.79 Å². The van der Waals surface area contributed by atoms with Gasteiger partial charge in [-0.25, -0.2) is 4.39 Å². The zero-order valence-corrected chi connectivity index (χ0v) is 8.55. The first kappa shape index (κ1) is 9.64. The number of aldehydes is 1. The molecule has 0 heterocycles. The first-order valence-electron chi connectivity index (χ1n) is 3.62. The number of hydrogen-bond donors (Lipinski definition) is 0. The smallest absolute Gasteiger partial charge is 0.139 e. The standard InChI is InChI=1S/C9H8FIO/c10-9-7(4-2-6-12)3-1-5-8(9)11/h1,3,5-6H,2,4H2. The van der Waals surface area contributed by atoms with Gasteiger partial charge in [0.05, 0.1) is 0 Å². The van der Waals surface area contributed by atoms with Gasteiger partial charge in [0.2, 0.25) is 0 Å². The average Bonchev–Trinajstić information content (AvgIpc) is 2.08. The molecule has 1 nitrogen and oxygen atoms in total. The fourth-order valence-electron chi connectivity index (χ4n) is 0.956. The molecule has 0 saturated heterocycles. The second kappa shape index (κ2) is 4.54. The van der Waals surface area contributed by atoms with Crippen LogP contribution in [-0.2, 0) is 11.2 Å². The Hall–Kier alpha value is -0.450. The molecule has 0 unspecified atom stereocenters. The highest BCUT2D eigenvalue weighted by Crippen LogP contribution is 2.15. The molecule has 0 spiro atoms. The van der Waals surface area contributed by atoms with Crippen molar-refractivity contribution in [3.63, 3.8) is 0 Å². The van der Waals surface area contributed by atoms with E-state index in [4.69, 9.17) is 0 Å². The largest absolute Gasteiger partial charge is 0.303 e. The van der Waals surface area contributed by atoms with Crippen molar-refractivity contribution in [3.8, 4) is 0 Å². The van der Waals surface area contributed by atoms with Crippen LogP contribution in [0.25, 0.3) is 0 Å². The molecule has 0 amide bonds. The molecule has 0 radical (unpaired) electrons. The maximum atomic E-state index is 13.2. The summed E-state index contributed by atoms with van der Waals surface area (Å²) in [6, 6.07) is 5.21. The lowest BCUT2D eigenvalue weighted by atomic mass is 10.1. The second-order valence-corrected chi connectivity index (χ2v) is 3.58. The van der Waals surface area contributed by atoms with E-state index >= 15 is 0 Å². The van der Waals surface area contributed by atoms with Crippen LogP contribution < -0.4 is 0 Å². The van der Waals surface area contributed by atoms with Gasteiger partial charge in [-0.1, -0.05) is 12.1 Å². The molecule has 0 N–H and O–H groups in total.